The molecule has 0 aromatic heterocycles. The average Bonchev–Trinajstić information content (AvgIpc) is 3.03. The molecule has 1 unspecified atom stereocenters. The lowest BCUT2D eigenvalue weighted by Gasteiger charge is -2.41. The summed E-state index contributed by atoms with van der Waals surface area (Å²) in [6, 6.07) is 18.3. The van der Waals surface area contributed by atoms with E-state index in [0.717, 1.165) is 23.3 Å². The summed E-state index contributed by atoms with van der Waals surface area (Å²) in [4.78, 5) is 21.5. The van der Waals surface area contributed by atoms with Gasteiger partial charge < -0.3 is 19.9 Å². The van der Waals surface area contributed by atoms with Gasteiger partial charge in [0.15, 0.2) is 5.75 Å². The number of piperazine rings is 1. The maximum absolute atomic E-state index is 13.3. The lowest BCUT2D eigenvalue weighted by molar-refractivity contribution is -0.137. The van der Waals surface area contributed by atoms with Crippen LogP contribution in [0.25, 0.3) is 0 Å². The number of hydrogen-bond acceptors (Lipinski definition) is 4. The number of nitrogens with zero attached hydrogens (tertiary/aromatic N) is 3. The number of carbonyl (C=O) groups excluding carboxylic acids is 1. The first-order chi connectivity index (χ1) is 17.7. The molecule has 2 aliphatic rings. The number of para-hydroxylation sites is 1. The van der Waals surface area contributed by atoms with Crippen molar-refractivity contribution in [2.24, 2.45) is 4.99 Å². The fraction of sp³-hybridized carbons (Fsp3) is 0.286. The minimum absolute atomic E-state index is 0.0551. The first-order valence-corrected chi connectivity index (χ1v) is 12.1. The number of aliphatic imine (C=N–C) groups is 1. The number of fused-ring (bicyclic) bond motifs is 2. The number of carbonyl (C=O) groups is 1. The Kier molecular flexibility index (Phi) is 6.54. The topological polar surface area (TPSA) is 57.2 Å². The van der Waals surface area contributed by atoms with Crippen molar-refractivity contribution in [1.82, 2.24) is 15.1 Å². The van der Waals surface area contributed by atoms with Crippen molar-refractivity contribution in [3.63, 3.8) is 0 Å². The molecule has 3 aromatic rings. The third-order valence-electron chi connectivity index (χ3n) is 6.58. The number of benzene rings is 3. The van der Waals surface area contributed by atoms with Crippen molar-refractivity contribution >= 4 is 17.6 Å². The van der Waals surface area contributed by atoms with Crippen LogP contribution < -0.4 is 10.1 Å². The Morgan fingerprint density at radius 1 is 1.05 bits per heavy atom. The second-order valence-corrected chi connectivity index (χ2v) is 9.35. The number of rotatable bonds is 2. The normalized spacial score (nSPS) is 17.2. The molecule has 9 heteroatoms. The fourth-order valence-electron chi connectivity index (χ4n) is 4.69. The molecule has 2 amide bonds. The number of urea groups is 1. The lowest BCUT2D eigenvalue weighted by atomic mass is 10.1. The van der Waals surface area contributed by atoms with E-state index in [9.17, 15) is 18.0 Å². The van der Waals surface area contributed by atoms with Gasteiger partial charge in [0.25, 0.3) is 0 Å². The predicted octanol–water partition coefficient (Wildman–Crippen LogP) is 6.11. The zero-order chi connectivity index (χ0) is 26.2. The monoisotopic (exact) mass is 508 g/mol. The summed E-state index contributed by atoms with van der Waals surface area (Å²) in [5.74, 6) is 1.10. The Bertz CT molecular complexity index is 1360. The molecule has 192 valence electrons. The summed E-state index contributed by atoms with van der Waals surface area (Å²) in [5.41, 5.74) is 2.40. The highest BCUT2D eigenvalue weighted by atomic mass is 19.4. The number of halogens is 3. The van der Waals surface area contributed by atoms with E-state index in [1.165, 1.54) is 6.07 Å². The van der Waals surface area contributed by atoms with E-state index < -0.39 is 11.7 Å². The molecule has 0 saturated carbocycles. The third kappa shape index (κ3) is 5.26. The Morgan fingerprint density at radius 3 is 2.62 bits per heavy atom. The van der Waals surface area contributed by atoms with Gasteiger partial charge in [0.05, 0.1) is 11.1 Å². The highest BCUT2D eigenvalue weighted by Crippen LogP contribution is 2.42. The van der Waals surface area contributed by atoms with Gasteiger partial charge >= 0.3 is 12.2 Å². The van der Waals surface area contributed by atoms with Crippen LogP contribution in [0.15, 0.2) is 71.7 Å². The zero-order valence-corrected chi connectivity index (χ0v) is 20.5. The lowest BCUT2D eigenvalue weighted by Crippen LogP contribution is -2.57. The molecular formula is C28H27F3N4O2. The second-order valence-electron chi connectivity index (χ2n) is 9.35. The summed E-state index contributed by atoms with van der Waals surface area (Å²) in [7, 11) is 0. The van der Waals surface area contributed by atoms with E-state index in [4.69, 9.17) is 9.73 Å². The molecule has 5 rings (SSSR count). The van der Waals surface area contributed by atoms with Crippen molar-refractivity contribution in [3.8, 4) is 11.5 Å². The van der Waals surface area contributed by atoms with Crippen LogP contribution in [0, 0.1) is 6.92 Å². The molecule has 1 fully saturated rings. The summed E-state index contributed by atoms with van der Waals surface area (Å²) in [5, 5.41) is 3.00. The van der Waals surface area contributed by atoms with Crippen molar-refractivity contribution < 1.29 is 22.7 Å². The molecule has 1 atom stereocenters. The highest BCUT2D eigenvalue weighted by molar-refractivity contribution is 6.04. The number of amides is 2. The molecule has 3 aromatic carbocycles. The maximum Gasteiger partial charge on any atom is 0.416 e. The Morgan fingerprint density at radius 2 is 1.86 bits per heavy atom. The largest absolute Gasteiger partial charge is 0.454 e. The quantitative estimate of drug-likeness (QED) is 0.454. The van der Waals surface area contributed by atoms with Crippen LogP contribution in [0.5, 0.6) is 11.5 Å². The van der Waals surface area contributed by atoms with Gasteiger partial charge in [-0.15, -0.1) is 0 Å². The minimum Gasteiger partial charge on any atom is -0.454 e. The number of hydrogen-bond donors (Lipinski definition) is 1. The number of amidine groups is 1. The molecule has 0 spiro atoms. The second kappa shape index (κ2) is 9.80. The van der Waals surface area contributed by atoms with Gasteiger partial charge in [0.2, 0.25) is 0 Å². The SMILES string of the molecule is Cc1cccc(CNC(=O)N2CCN(C3=Nc4ccc(C(F)(F)F)cc4Oc4ccccc43)CC2C)c1. The van der Waals surface area contributed by atoms with Crippen LogP contribution >= 0.6 is 0 Å². The van der Waals surface area contributed by atoms with E-state index in [1.807, 2.05) is 50.2 Å². The average molecular weight is 509 g/mol. The Hall–Kier alpha value is -4.01. The van der Waals surface area contributed by atoms with Crippen molar-refractivity contribution in [3.05, 3.63) is 89.0 Å². The van der Waals surface area contributed by atoms with E-state index in [-0.39, 0.29) is 17.8 Å². The van der Waals surface area contributed by atoms with Gasteiger partial charge in [-0.05, 0) is 49.7 Å². The molecule has 6 nitrogen and oxygen atoms in total. The molecule has 37 heavy (non-hydrogen) atoms. The van der Waals surface area contributed by atoms with Crippen LogP contribution in [0.2, 0.25) is 0 Å². The van der Waals surface area contributed by atoms with Gasteiger partial charge in [-0.1, -0.05) is 42.0 Å². The van der Waals surface area contributed by atoms with Crippen LogP contribution in [0.1, 0.15) is 29.2 Å². The molecular weight excluding hydrogens is 481 g/mol. The van der Waals surface area contributed by atoms with Gasteiger partial charge in [-0.2, -0.15) is 13.2 Å². The predicted molar refractivity (Wildman–Crippen MR) is 135 cm³/mol. The molecule has 1 saturated heterocycles. The molecule has 0 bridgehead atoms. The van der Waals surface area contributed by atoms with E-state index in [2.05, 4.69) is 10.2 Å². The fourth-order valence-corrected chi connectivity index (χ4v) is 4.69. The van der Waals surface area contributed by atoms with Crippen molar-refractivity contribution in [1.29, 1.82) is 0 Å². The third-order valence-corrected chi connectivity index (χ3v) is 6.58. The highest BCUT2D eigenvalue weighted by Gasteiger charge is 2.34. The van der Waals surface area contributed by atoms with Crippen LogP contribution in [0.3, 0.4) is 0 Å². The Balaban J connectivity index is 1.36. The number of nitrogens with one attached hydrogen (secondary N) is 1. The molecule has 2 heterocycles. The molecule has 2 aliphatic heterocycles. The van der Waals surface area contributed by atoms with Gasteiger partial charge in [-0.3, -0.25) is 0 Å². The van der Waals surface area contributed by atoms with Crippen LogP contribution in [0.4, 0.5) is 23.7 Å². The van der Waals surface area contributed by atoms with Gasteiger partial charge in [0, 0.05) is 32.2 Å². The van der Waals surface area contributed by atoms with E-state index in [0.29, 0.717) is 49.0 Å². The van der Waals surface area contributed by atoms with E-state index in [1.54, 1.807) is 17.0 Å². The Labute approximate surface area is 213 Å². The summed E-state index contributed by atoms with van der Waals surface area (Å²) >= 11 is 0. The maximum atomic E-state index is 13.3. The molecule has 0 aliphatic carbocycles. The zero-order valence-electron chi connectivity index (χ0n) is 20.5. The van der Waals surface area contributed by atoms with Gasteiger partial charge in [-0.25, -0.2) is 9.79 Å². The number of alkyl halides is 3. The van der Waals surface area contributed by atoms with E-state index >= 15 is 0 Å². The standard InChI is InChI=1S/C28H27F3N4O2/c1-18-6-5-7-20(14-18)16-32-27(36)35-13-12-34(17-19(35)2)26-22-8-3-4-9-24(22)37-25-15-21(28(29,30)31)10-11-23(25)33-26/h3-11,14-15,19H,12-13,16-17H2,1-2H3,(H,32,36). The first kappa shape index (κ1) is 24.7. The smallest absolute Gasteiger partial charge is 0.416 e. The minimum atomic E-state index is -4.48. The summed E-state index contributed by atoms with van der Waals surface area (Å²) in [6.07, 6.45) is -4.48. The molecule has 0 radical (unpaired) electrons. The van der Waals surface area contributed by atoms with Crippen LogP contribution in [-0.2, 0) is 12.7 Å². The number of aryl methyl sites for hydroxylation is 1. The number of ether oxygens (including phenoxy) is 1. The first-order valence-electron chi connectivity index (χ1n) is 12.1. The molecule has 1 N–H and O–H groups in total. The van der Waals surface area contributed by atoms with Gasteiger partial charge in [0.1, 0.15) is 17.3 Å². The summed E-state index contributed by atoms with van der Waals surface area (Å²) < 4.78 is 45.8. The van der Waals surface area contributed by atoms with Crippen molar-refractivity contribution in [2.75, 3.05) is 19.6 Å². The van der Waals surface area contributed by atoms with Crippen molar-refractivity contribution in [2.45, 2.75) is 32.6 Å². The van der Waals surface area contributed by atoms with Crippen LogP contribution in [-0.4, -0.2) is 47.3 Å². The summed E-state index contributed by atoms with van der Waals surface area (Å²) in [6.45, 7) is 5.94.